The highest BCUT2D eigenvalue weighted by Crippen LogP contribution is 2.10. The number of hydrazone groups is 1. The van der Waals surface area contributed by atoms with Crippen molar-refractivity contribution in [2.45, 2.75) is 13.8 Å². The molecular weight excluding hydrogens is 308 g/mol. The summed E-state index contributed by atoms with van der Waals surface area (Å²) in [7, 11) is 0. The highest BCUT2D eigenvalue weighted by molar-refractivity contribution is 9.10. The van der Waals surface area contributed by atoms with Crippen molar-refractivity contribution in [1.82, 2.24) is 9.97 Å². The highest BCUT2D eigenvalue weighted by atomic mass is 79.9. The monoisotopic (exact) mass is 320 g/mol. The zero-order chi connectivity index (χ0) is 13.8. The summed E-state index contributed by atoms with van der Waals surface area (Å²) in [5.41, 5.74) is 4.78. The number of hydrogen-bond acceptors (Lipinski definition) is 4. The third-order valence-corrected chi connectivity index (χ3v) is 3.12. The summed E-state index contributed by atoms with van der Waals surface area (Å²) in [4.78, 5) is 18.4. The lowest BCUT2D eigenvalue weighted by Gasteiger charge is -2.02. The molecule has 5 nitrogen and oxygen atoms in total. The molecule has 0 saturated carbocycles. The fourth-order valence-electron chi connectivity index (χ4n) is 1.45. The molecule has 1 heterocycles. The molecule has 0 aliphatic rings. The number of nitrogens with one attached hydrogen (secondary N) is 2. The lowest BCUT2D eigenvalue weighted by atomic mass is 10.2. The molecule has 0 radical (unpaired) electrons. The molecule has 0 saturated heterocycles. The number of aromatic nitrogens is 2. The van der Waals surface area contributed by atoms with E-state index in [0.717, 1.165) is 10.0 Å². The van der Waals surface area contributed by atoms with E-state index in [1.807, 2.05) is 24.3 Å². The normalized spacial score (nSPS) is 10.9. The topological polar surface area (TPSA) is 70.1 Å². The van der Waals surface area contributed by atoms with Gasteiger partial charge >= 0.3 is 0 Å². The molecule has 2 N–H and O–H groups in total. The molecule has 1 aromatic carbocycles. The molecule has 2 aromatic rings. The van der Waals surface area contributed by atoms with E-state index in [-0.39, 0.29) is 5.56 Å². The van der Waals surface area contributed by atoms with Gasteiger partial charge < -0.3 is 0 Å². The van der Waals surface area contributed by atoms with Gasteiger partial charge in [-0.15, -0.1) is 0 Å². The summed E-state index contributed by atoms with van der Waals surface area (Å²) in [6, 6.07) is 7.71. The molecule has 98 valence electrons. The maximum Gasteiger partial charge on any atom is 0.255 e. The summed E-state index contributed by atoms with van der Waals surface area (Å²) in [5, 5.41) is 4.04. The maximum absolute atomic E-state index is 11.5. The Kier molecular flexibility index (Phi) is 4.11. The second kappa shape index (κ2) is 5.79. The van der Waals surface area contributed by atoms with Crippen molar-refractivity contribution in [3.63, 3.8) is 0 Å². The van der Waals surface area contributed by atoms with Crippen molar-refractivity contribution in [1.29, 1.82) is 0 Å². The first kappa shape index (κ1) is 13.5. The lowest BCUT2D eigenvalue weighted by molar-refractivity contribution is 1.01. The Balaban J connectivity index is 2.13. The molecule has 1 aromatic heterocycles. The minimum Gasteiger partial charge on any atom is -0.291 e. The van der Waals surface area contributed by atoms with Crippen LogP contribution in [0.15, 0.2) is 38.6 Å². The molecule has 2 rings (SSSR count). The maximum atomic E-state index is 11.5. The smallest absolute Gasteiger partial charge is 0.255 e. The zero-order valence-electron chi connectivity index (χ0n) is 10.6. The lowest BCUT2D eigenvalue weighted by Crippen LogP contribution is -2.15. The molecule has 6 heteroatoms. The van der Waals surface area contributed by atoms with Gasteiger partial charge in [-0.25, -0.2) is 10.4 Å². The van der Waals surface area contributed by atoms with Crippen LogP contribution in [0.4, 0.5) is 5.95 Å². The second-order valence-corrected chi connectivity index (χ2v) is 4.97. The Hall–Kier alpha value is -1.95. The summed E-state index contributed by atoms with van der Waals surface area (Å²) >= 11 is 3.38. The third kappa shape index (κ3) is 3.51. The van der Waals surface area contributed by atoms with Gasteiger partial charge in [0.15, 0.2) is 0 Å². The number of anilines is 1. The van der Waals surface area contributed by atoms with Crippen LogP contribution in [-0.2, 0) is 0 Å². The molecule has 0 amide bonds. The van der Waals surface area contributed by atoms with Gasteiger partial charge in [0.2, 0.25) is 5.95 Å². The van der Waals surface area contributed by atoms with Crippen LogP contribution in [0.5, 0.6) is 0 Å². The highest BCUT2D eigenvalue weighted by Gasteiger charge is 2.01. The van der Waals surface area contributed by atoms with Gasteiger partial charge in [-0.3, -0.25) is 9.78 Å². The van der Waals surface area contributed by atoms with Crippen LogP contribution in [0.3, 0.4) is 0 Å². The number of H-pyrrole nitrogens is 1. The van der Waals surface area contributed by atoms with Crippen molar-refractivity contribution in [2.75, 3.05) is 5.43 Å². The van der Waals surface area contributed by atoms with E-state index in [2.05, 4.69) is 36.4 Å². The van der Waals surface area contributed by atoms with Gasteiger partial charge in [0, 0.05) is 15.7 Å². The summed E-state index contributed by atoms with van der Waals surface area (Å²) < 4.78 is 0.981. The first-order chi connectivity index (χ1) is 9.06. The van der Waals surface area contributed by atoms with Crippen LogP contribution in [0, 0.1) is 13.8 Å². The minimum absolute atomic E-state index is 0.160. The first-order valence-electron chi connectivity index (χ1n) is 5.68. The van der Waals surface area contributed by atoms with E-state index in [9.17, 15) is 4.79 Å². The second-order valence-electron chi connectivity index (χ2n) is 4.05. The average Bonchev–Trinajstić information content (AvgIpc) is 2.36. The Bertz CT molecular complexity index is 679. The molecule has 0 aliphatic carbocycles. The zero-order valence-corrected chi connectivity index (χ0v) is 12.2. The predicted octanol–water partition coefficient (Wildman–Crippen LogP) is 2.60. The summed E-state index contributed by atoms with van der Waals surface area (Å²) in [6.07, 6.45) is 1.65. The summed E-state index contributed by atoms with van der Waals surface area (Å²) in [6.45, 7) is 3.52. The van der Waals surface area contributed by atoms with Gasteiger partial charge in [0.1, 0.15) is 0 Å². The van der Waals surface area contributed by atoms with Crippen molar-refractivity contribution in [3.05, 3.63) is 55.9 Å². The minimum atomic E-state index is -0.160. The van der Waals surface area contributed by atoms with Gasteiger partial charge in [-0.2, -0.15) is 5.10 Å². The number of aryl methyl sites for hydroxylation is 1. The number of rotatable bonds is 3. The molecule has 0 bridgehead atoms. The van der Waals surface area contributed by atoms with E-state index in [1.165, 1.54) is 0 Å². The van der Waals surface area contributed by atoms with Crippen LogP contribution < -0.4 is 11.0 Å². The average molecular weight is 321 g/mol. The Morgan fingerprint density at radius 2 is 2.21 bits per heavy atom. The largest absolute Gasteiger partial charge is 0.291 e. The fraction of sp³-hybridized carbons (Fsp3) is 0.154. The Morgan fingerprint density at radius 3 is 2.89 bits per heavy atom. The molecule has 0 fully saturated rings. The molecule has 0 unspecified atom stereocenters. The SMILES string of the molecule is Cc1nc(N/N=C\c2cccc(Br)c2)[nH]c(=O)c1C. The van der Waals surface area contributed by atoms with Crippen molar-refractivity contribution in [3.8, 4) is 0 Å². The molecule has 0 aliphatic heterocycles. The molecule has 19 heavy (non-hydrogen) atoms. The number of benzene rings is 1. The number of halogens is 1. The molecular formula is C13H13BrN4O. The number of aromatic amines is 1. The predicted molar refractivity (Wildman–Crippen MR) is 79.7 cm³/mol. The van der Waals surface area contributed by atoms with Crippen LogP contribution >= 0.6 is 15.9 Å². The van der Waals surface area contributed by atoms with E-state index in [4.69, 9.17) is 0 Å². The molecule has 0 atom stereocenters. The quantitative estimate of drug-likeness (QED) is 0.674. The van der Waals surface area contributed by atoms with Crippen molar-refractivity contribution < 1.29 is 0 Å². The van der Waals surface area contributed by atoms with Gasteiger partial charge in [0.25, 0.3) is 5.56 Å². The molecule has 0 spiro atoms. The number of nitrogens with zero attached hydrogens (tertiary/aromatic N) is 2. The summed E-state index contributed by atoms with van der Waals surface area (Å²) in [5.74, 6) is 0.333. The van der Waals surface area contributed by atoms with E-state index in [1.54, 1.807) is 20.1 Å². The van der Waals surface area contributed by atoms with E-state index < -0.39 is 0 Å². The Morgan fingerprint density at radius 1 is 1.42 bits per heavy atom. The van der Waals surface area contributed by atoms with Crippen LogP contribution in [0.25, 0.3) is 0 Å². The standard InChI is InChI=1S/C13H13BrN4O/c1-8-9(2)16-13(17-12(8)19)18-15-7-10-4-3-5-11(14)6-10/h3-7H,1-2H3,(H2,16,17,18,19)/b15-7-. The first-order valence-corrected chi connectivity index (χ1v) is 6.48. The number of hydrogen-bond donors (Lipinski definition) is 2. The van der Waals surface area contributed by atoms with Crippen molar-refractivity contribution in [2.24, 2.45) is 5.10 Å². The fourth-order valence-corrected chi connectivity index (χ4v) is 1.87. The van der Waals surface area contributed by atoms with Crippen LogP contribution in [0.2, 0.25) is 0 Å². The third-order valence-electron chi connectivity index (χ3n) is 2.63. The van der Waals surface area contributed by atoms with Crippen LogP contribution in [-0.4, -0.2) is 16.2 Å². The van der Waals surface area contributed by atoms with Gasteiger partial charge in [0.05, 0.1) is 6.21 Å². The van der Waals surface area contributed by atoms with Gasteiger partial charge in [-0.05, 0) is 31.5 Å². The Labute approximate surface area is 118 Å². The van der Waals surface area contributed by atoms with Crippen LogP contribution in [0.1, 0.15) is 16.8 Å². The van der Waals surface area contributed by atoms with Crippen molar-refractivity contribution >= 4 is 28.1 Å². The van der Waals surface area contributed by atoms with Gasteiger partial charge in [-0.1, -0.05) is 28.1 Å². The van der Waals surface area contributed by atoms with E-state index >= 15 is 0 Å². The van der Waals surface area contributed by atoms with E-state index in [0.29, 0.717) is 17.2 Å².